The number of nitrogens with one attached hydrogen (secondary N) is 1. The fourth-order valence-electron chi connectivity index (χ4n) is 2.67. The second-order valence-electron chi connectivity index (χ2n) is 5.73. The zero-order chi connectivity index (χ0) is 14.5. The molecule has 0 radical (unpaired) electrons. The maximum absolute atomic E-state index is 4.41. The van der Waals surface area contributed by atoms with Crippen LogP contribution in [-0.4, -0.2) is 12.0 Å². The second-order valence-corrected chi connectivity index (χ2v) is 6.44. The minimum Gasteiger partial charge on any atom is -0.312 e. The molecule has 2 nitrogen and oxygen atoms in total. The quantitative estimate of drug-likeness (QED) is 0.471. The standard InChI is InChI=1S/C17H32N2S/c1-3-4-5-6-7-8-9-10-11-12-13-16(18-2)17-14-20-15-19-17/h14-16,18H,3-13H2,1-2H3. The van der Waals surface area contributed by atoms with Crippen LogP contribution in [0.5, 0.6) is 0 Å². The van der Waals surface area contributed by atoms with E-state index in [1.807, 2.05) is 12.6 Å². The Morgan fingerprint density at radius 2 is 1.60 bits per heavy atom. The van der Waals surface area contributed by atoms with Gasteiger partial charge in [-0.2, -0.15) is 0 Å². The Kier molecular flexibility index (Phi) is 10.9. The van der Waals surface area contributed by atoms with Crippen LogP contribution in [0.1, 0.15) is 89.3 Å². The lowest BCUT2D eigenvalue weighted by molar-refractivity contribution is 0.486. The van der Waals surface area contributed by atoms with Crippen molar-refractivity contribution in [3.05, 3.63) is 16.6 Å². The number of hydrogen-bond acceptors (Lipinski definition) is 3. The molecule has 1 aromatic heterocycles. The first kappa shape index (κ1) is 17.6. The van der Waals surface area contributed by atoms with Crippen molar-refractivity contribution in [1.82, 2.24) is 10.3 Å². The summed E-state index contributed by atoms with van der Waals surface area (Å²) in [5, 5.41) is 5.54. The van der Waals surface area contributed by atoms with E-state index in [1.165, 1.54) is 76.3 Å². The average molecular weight is 297 g/mol. The normalized spacial score (nSPS) is 12.7. The maximum atomic E-state index is 4.41. The Balaban J connectivity index is 1.91. The molecule has 0 bridgehead atoms. The van der Waals surface area contributed by atoms with Gasteiger partial charge in [-0.1, -0.05) is 71.1 Å². The number of unbranched alkanes of at least 4 members (excludes halogenated alkanes) is 9. The summed E-state index contributed by atoms with van der Waals surface area (Å²) >= 11 is 1.69. The highest BCUT2D eigenvalue weighted by Crippen LogP contribution is 2.20. The molecule has 1 unspecified atom stereocenters. The lowest BCUT2D eigenvalue weighted by Crippen LogP contribution is -2.16. The third-order valence-corrected chi connectivity index (χ3v) is 4.61. The lowest BCUT2D eigenvalue weighted by Gasteiger charge is -2.13. The summed E-state index contributed by atoms with van der Waals surface area (Å²) in [5.74, 6) is 0. The predicted octanol–water partition coefficient (Wildman–Crippen LogP) is 5.71. The highest BCUT2D eigenvalue weighted by Gasteiger charge is 2.09. The number of hydrogen-bond donors (Lipinski definition) is 1. The average Bonchev–Trinajstić information content (AvgIpc) is 2.99. The van der Waals surface area contributed by atoms with Crippen LogP contribution in [0, 0.1) is 0 Å². The molecule has 0 aromatic carbocycles. The molecule has 1 atom stereocenters. The van der Waals surface area contributed by atoms with Gasteiger partial charge in [0.15, 0.2) is 0 Å². The zero-order valence-electron chi connectivity index (χ0n) is 13.4. The summed E-state index contributed by atoms with van der Waals surface area (Å²) in [4.78, 5) is 4.41. The zero-order valence-corrected chi connectivity index (χ0v) is 14.2. The summed E-state index contributed by atoms with van der Waals surface area (Å²) in [5.41, 5.74) is 3.14. The van der Waals surface area contributed by atoms with E-state index in [4.69, 9.17) is 0 Å². The minimum atomic E-state index is 0.454. The first-order chi connectivity index (χ1) is 9.88. The van der Waals surface area contributed by atoms with E-state index in [2.05, 4.69) is 22.6 Å². The van der Waals surface area contributed by atoms with Crippen LogP contribution in [-0.2, 0) is 0 Å². The van der Waals surface area contributed by atoms with E-state index < -0.39 is 0 Å². The Hall–Kier alpha value is -0.410. The van der Waals surface area contributed by atoms with Gasteiger partial charge in [0.2, 0.25) is 0 Å². The van der Waals surface area contributed by atoms with E-state index in [9.17, 15) is 0 Å². The predicted molar refractivity (Wildman–Crippen MR) is 90.4 cm³/mol. The smallest absolute Gasteiger partial charge is 0.0795 e. The lowest BCUT2D eigenvalue weighted by atomic mass is 10.0. The Morgan fingerprint density at radius 1 is 1.00 bits per heavy atom. The molecule has 0 spiro atoms. The van der Waals surface area contributed by atoms with Crippen LogP contribution in [0.15, 0.2) is 10.9 Å². The van der Waals surface area contributed by atoms with E-state index in [0.29, 0.717) is 6.04 Å². The molecule has 20 heavy (non-hydrogen) atoms. The van der Waals surface area contributed by atoms with Gasteiger partial charge in [0.05, 0.1) is 17.2 Å². The molecule has 0 aliphatic rings. The molecule has 0 amide bonds. The molecule has 1 rings (SSSR count). The molecule has 1 N–H and O–H groups in total. The number of rotatable bonds is 13. The Morgan fingerprint density at radius 3 is 2.10 bits per heavy atom. The van der Waals surface area contributed by atoms with Gasteiger partial charge >= 0.3 is 0 Å². The highest BCUT2D eigenvalue weighted by molar-refractivity contribution is 7.07. The molecule has 0 saturated carbocycles. The summed E-state index contributed by atoms with van der Waals surface area (Å²) in [6.07, 6.45) is 15.3. The van der Waals surface area contributed by atoms with Gasteiger partial charge < -0.3 is 5.32 Å². The van der Waals surface area contributed by atoms with Gasteiger partial charge in [-0.3, -0.25) is 0 Å². The van der Waals surface area contributed by atoms with Crippen molar-refractivity contribution < 1.29 is 0 Å². The van der Waals surface area contributed by atoms with Crippen LogP contribution < -0.4 is 5.32 Å². The molecule has 0 aliphatic heterocycles. The second kappa shape index (κ2) is 12.3. The van der Waals surface area contributed by atoms with Crippen molar-refractivity contribution in [3.63, 3.8) is 0 Å². The fourth-order valence-corrected chi connectivity index (χ4v) is 3.28. The van der Waals surface area contributed by atoms with E-state index in [-0.39, 0.29) is 0 Å². The minimum absolute atomic E-state index is 0.454. The first-order valence-corrected chi connectivity index (χ1v) is 9.38. The van der Waals surface area contributed by atoms with Crippen molar-refractivity contribution >= 4 is 11.3 Å². The molecule has 0 saturated heterocycles. The van der Waals surface area contributed by atoms with Crippen molar-refractivity contribution in [3.8, 4) is 0 Å². The van der Waals surface area contributed by atoms with Gasteiger partial charge in [0.1, 0.15) is 0 Å². The van der Waals surface area contributed by atoms with Crippen molar-refractivity contribution in [2.24, 2.45) is 0 Å². The van der Waals surface area contributed by atoms with Crippen LogP contribution in [0.3, 0.4) is 0 Å². The summed E-state index contributed by atoms with van der Waals surface area (Å²) < 4.78 is 0. The van der Waals surface area contributed by atoms with Crippen LogP contribution in [0.2, 0.25) is 0 Å². The van der Waals surface area contributed by atoms with Crippen LogP contribution >= 0.6 is 11.3 Å². The third-order valence-electron chi connectivity index (χ3n) is 4.00. The van der Waals surface area contributed by atoms with Gasteiger partial charge in [-0.25, -0.2) is 4.98 Å². The molecular weight excluding hydrogens is 264 g/mol. The van der Waals surface area contributed by atoms with Gasteiger partial charge in [-0.15, -0.1) is 11.3 Å². The first-order valence-electron chi connectivity index (χ1n) is 8.43. The highest BCUT2D eigenvalue weighted by atomic mass is 32.1. The molecule has 1 heterocycles. The Labute approximate surface area is 129 Å². The number of aromatic nitrogens is 1. The molecule has 0 fully saturated rings. The summed E-state index contributed by atoms with van der Waals surface area (Å²) in [7, 11) is 2.04. The summed E-state index contributed by atoms with van der Waals surface area (Å²) in [6, 6.07) is 0.454. The van der Waals surface area contributed by atoms with Crippen molar-refractivity contribution in [2.45, 2.75) is 83.6 Å². The van der Waals surface area contributed by atoms with Gasteiger partial charge in [0, 0.05) is 5.38 Å². The third kappa shape index (κ3) is 8.01. The maximum Gasteiger partial charge on any atom is 0.0795 e. The van der Waals surface area contributed by atoms with E-state index in [0.717, 1.165) is 0 Å². The topological polar surface area (TPSA) is 24.9 Å². The fraction of sp³-hybridized carbons (Fsp3) is 0.824. The van der Waals surface area contributed by atoms with E-state index >= 15 is 0 Å². The van der Waals surface area contributed by atoms with Gasteiger partial charge in [0.25, 0.3) is 0 Å². The SMILES string of the molecule is CCCCCCCCCCCCC(NC)c1cscn1. The van der Waals surface area contributed by atoms with E-state index in [1.54, 1.807) is 11.3 Å². The number of nitrogens with zero attached hydrogens (tertiary/aromatic N) is 1. The monoisotopic (exact) mass is 296 g/mol. The van der Waals surface area contributed by atoms with Crippen molar-refractivity contribution in [1.29, 1.82) is 0 Å². The van der Waals surface area contributed by atoms with Crippen LogP contribution in [0.25, 0.3) is 0 Å². The Bertz CT molecular complexity index is 298. The number of thiazole rings is 1. The van der Waals surface area contributed by atoms with Crippen LogP contribution in [0.4, 0.5) is 0 Å². The molecule has 116 valence electrons. The van der Waals surface area contributed by atoms with Crippen molar-refractivity contribution in [2.75, 3.05) is 7.05 Å². The molecule has 3 heteroatoms. The largest absolute Gasteiger partial charge is 0.312 e. The summed E-state index contributed by atoms with van der Waals surface area (Å²) in [6.45, 7) is 2.28. The molecule has 1 aromatic rings. The molecular formula is C17H32N2S. The van der Waals surface area contributed by atoms with Gasteiger partial charge in [-0.05, 0) is 13.5 Å². The molecule has 0 aliphatic carbocycles.